The van der Waals surface area contributed by atoms with E-state index in [0.29, 0.717) is 11.0 Å². The van der Waals surface area contributed by atoms with E-state index in [-0.39, 0.29) is 29.5 Å². The molecule has 168 valence electrons. The van der Waals surface area contributed by atoms with Crippen LogP contribution >= 0.6 is 0 Å². The Morgan fingerprint density at radius 3 is 2.21 bits per heavy atom. The minimum atomic E-state index is -4.81. The Labute approximate surface area is 186 Å². The highest BCUT2D eigenvalue weighted by Gasteiger charge is 2.31. The quantitative estimate of drug-likeness (QED) is 0.388. The molecule has 0 unspecified atom stereocenters. The van der Waals surface area contributed by atoms with Crippen molar-refractivity contribution in [3.63, 3.8) is 0 Å². The number of anilines is 2. The first-order chi connectivity index (χ1) is 15.8. The first-order valence-electron chi connectivity index (χ1n) is 9.81. The number of hydrogen-bond donors (Lipinski definition) is 2. The summed E-state index contributed by atoms with van der Waals surface area (Å²) in [5.41, 5.74) is 1.62. The highest BCUT2D eigenvalue weighted by molar-refractivity contribution is 6.14. The lowest BCUT2D eigenvalue weighted by Crippen LogP contribution is -2.18. The van der Waals surface area contributed by atoms with E-state index in [0.717, 1.165) is 17.7 Å². The molecule has 0 aliphatic heterocycles. The molecular weight excluding hydrogens is 437 g/mol. The molecule has 33 heavy (non-hydrogen) atoms. The summed E-state index contributed by atoms with van der Waals surface area (Å²) in [6.45, 7) is 0. The fraction of sp³-hybridized carbons (Fsp3) is 0.0833. The highest BCUT2D eigenvalue weighted by atomic mass is 19.4. The number of amides is 2. The van der Waals surface area contributed by atoms with Crippen LogP contribution in [0.4, 0.5) is 24.5 Å². The molecule has 1 heterocycles. The average Bonchev–Trinajstić information content (AvgIpc) is 3.13. The number of alkyl halides is 3. The van der Waals surface area contributed by atoms with E-state index in [2.05, 4.69) is 15.4 Å². The van der Waals surface area contributed by atoms with Gasteiger partial charge in [-0.1, -0.05) is 42.5 Å². The Morgan fingerprint density at radius 1 is 0.848 bits per heavy atom. The van der Waals surface area contributed by atoms with E-state index in [1.54, 1.807) is 24.3 Å². The van der Waals surface area contributed by atoms with Crippen molar-refractivity contribution in [3.05, 3.63) is 90.2 Å². The zero-order valence-corrected chi connectivity index (χ0v) is 17.0. The summed E-state index contributed by atoms with van der Waals surface area (Å²) in [5.74, 6) is -1.56. The predicted molar refractivity (Wildman–Crippen MR) is 116 cm³/mol. The number of para-hydroxylation sites is 1. The topological polar surface area (TPSA) is 80.6 Å². The minimum Gasteiger partial charge on any atom is -0.449 e. The normalized spacial score (nSPS) is 11.2. The van der Waals surface area contributed by atoms with E-state index in [1.165, 1.54) is 12.1 Å². The Morgan fingerprint density at radius 2 is 1.52 bits per heavy atom. The minimum absolute atomic E-state index is 0.0993. The van der Waals surface area contributed by atoms with Gasteiger partial charge in [0.1, 0.15) is 17.0 Å². The summed E-state index contributed by atoms with van der Waals surface area (Å²) in [6, 6.07) is 20.6. The molecule has 0 aliphatic carbocycles. The molecule has 4 rings (SSSR count). The van der Waals surface area contributed by atoms with E-state index in [1.807, 2.05) is 30.3 Å². The van der Waals surface area contributed by atoms with Crippen LogP contribution in [0.15, 0.2) is 83.3 Å². The first kappa shape index (κ1) is 21.9. The van der Waals surface area contributed by atoms with Gasteiger partial charge in [-0.3, -0.25) is 9.59 Å². The van der Waals surface area contributed by atoms with Gasteiger partial charge in [0, 0.05) is 11.1 Å². The molecule has 0 saturated heterocycles. The Balaban J connectivity index is 1.55. The Hall–Kier alpha value is -4.27. The van der Waals surface area contributed by atoms with Crippen molar-refractivity contribution in [1.82, 2.24) is 0 Å². The zero-order valence-electron chi connectivity index (χ0n) is 17.0. The maximum Gasteiger partial charge on any atom is 0.573 e. The molecule has 1 aromatic heterocycles. The van der Waals surface area contributed by atoms with Crippen molar-refractivity contribution in [2.75, 3.05) is 10.6 Å². The number of furan rings is 1. The maximum atomic E-state index is 12.9. The number of fused-ring (bicyclic) bond motifs is 1. The molecule has 0 saturated carbocycles. The molecule has 3 aromatic carbocycles. The number of nitrogens with one attached hydrogen (secondary N) is 2. The zero-order chi connectivity index (χ0) is 23.4. The van der Waals surface area contributed by atoms with Crippen molar-refractivity contribution in [1.29, 1.82) is 0 Å². The average molecular weight is 454 g/mol. The van der Waals surface area contributed by atoms with Gasteiger partial charge in [-0.15, -0.1) is 13.2 Å². The van der Waals surface area contributed by atoms with Crippen LogP contribution in [0.25, 0.3) is 11.0 Å². The molecular formula is C24H17F3N2O4. The molecule has 0 fully saturated rings. The van der Waals surface area contributed by atoms with Crippen LogP contribution in [0.1, 0.15) is 16.1 Å². The van der Waals surface area contributed by atoms with Gasteiger partial charge >= 0.3 is 6.36 Å². The fourth-order valence-electron chi connectivity index (χ4n) is 3.22. The fourth-order valence-corrected chi connectivity index (χ4v) is 3.22. The van der Waals surface area contributed by atoms with Gasteiger partial charge in [-0.25, -0.2) is 0 Å². The number of ether oxygens (including phenoxy) is 1. The maximum absolute atomic E-state index is 12.9. The number of hydrogen-bond acceptors (Lipinski definition) is 4. The van der Waals surface area contributed by atoms with Crippen LogP contribution in [0.3, 0.4) is 0 Å². The number of rotatable bonds is 6. The van der Waals surface area contributed by atoms with Gasteiger partial charge in [-0.05, 0) is 42.0 Å². The van der Waals surface area contributed by atoms with Crippen LogP contribution in [-0.2, 0) is 11.2 Å². The van der Waals surface area contributed by atoms with Crippen molar-refractivity contribution < 1.29 is 31.9 Å². The van der Waals surface area contributed by atoms with Crippen LogP contribution < -0.4 is 15.4 Å². The molecule has 0 aliphatic rings. The number of carbonyl (C=O) groups excluding carboxylic acids is 2. The smallest absolute Gasteiger partial charge is 0.449 e. The summed E-state index contributed by atoms with van der Waals surface area (Å²) in [4.78, 5) is 25.5. The largest absolute Gasteiger partial charge is 0.573 e. The van der Waals surface area contributed by atoms with Crippen molar-refractivity contribution in [2.45, 2.75) is 12.8 Å². The molecule has 2 amide bonds. The number of carbonyl (C=O) groups is 2. The van der Waals surface area contributed by atoms with Crippen LogP contribution in [0.5, 0.6) is 5.75 Å². The van der Waals surface area contributed by atoms with Crippen molar-refractivity contribution in [2.24, 2.45) is 0 Å². The lowest BCUT2D eigenvalue weighted by atomic mass is 10.1. The predicted octanol–water partition coefficient (Wildman–Crippen LogP) is 5.76. The van der Waals surface area contributed by atoms with Gasteiger partial charge in [0.25, 0.3) is 5.91 Å². The standard InChI is InChI=1S/C24H17F3N2O4/c25-24(26,27)33-17-12-10-16(11-13-17)28-23(31)22-21(18-8-4-5-9-19(18)32-22)29-20(30)14-15-6-2-1-3-7-15/h1-13H,14H2,(H,28,31)(H,29,30). The highest BCUT2D eigenvalue weighted by Crippen LogP contribution is 2.32. The molecule has 0 bridgehead atoms. The van der Waals surface area contributed by atoms with E-state index >= 15 is 0 Å². The van der Waals surface area contributed by atoms with Crippen LogP contribution in [0.2, 0.25) is 0 Å². The van der Waals surface area contributed by atoms with Crippen molar-refractivity contribution in [3.8, 4) is 5.75 Å². The van der Waals surface area contributed by atoms with Gasteiger partial charge in [0.2, 0.25) is 11.7 Å². The second kappa shape index (κ2) is 9.07. The summed E-state index contributed by atoms with van der Waals surface area (Å²) in [5, 5.41) is 5.84. The third kappa shape index (κ3) is 5.51. The van der Waals surface area contributed by atoms with Gasteiger partial charge < -0.3 is 19.8 Å². The lowest BCUT2D eigenvalue weighted by molar-refractivity contribution is -0.274. The van der Waals surface area contributed by atoms with Crippen LogP contribution in [0, 0.1) is 0 Å². The second-order valence-corrected chi connectivity index (χ2v) is 7.04. The molecule has 0 radical (unpaired) electrons. The van der Waals surface area contributed by atoms with E-state index < -0.39 is 18.0 Å². The Kier molecular flexibility index (Phi) is 6.03. The second-order valence-electron chi connectivity index (χ2n) is 7.04. The van der Waals surface area contributed by atoms with Gasteiger partial charge in [0.15, 0.2) is 0 Å². The lowest BCUT2D eigenvalue weighted by Gasteiger charge is -2.10. The molecule has 0 atom stereocenters. The molecule has 0 spiro atoms. The Bertz CT molecular complexity index is 1280. The van der Waals surface area contributed by atoms with Crippen molar-refractivity contribution >= 4 is 34.2 Å². The number of benzene rings is 3. The summed E-state index contributed by atoms with van der Waals surface area (Å²) in [6.07, 6.45) is -4.71. The third-order valence-electron chi connectivity index (χ3n) is 4.62. The summed E-state index contributed by atoms with van der Waals surface area (Å²) >= 11 is 0. The SMILES string of the molecule is O=C(Cc1ccccc1)Nc1c(C(=O)Nc2ccc(OC(F)(F)F)cc2)oc2ccccc12. The molecule has 6 nitrogen and oxygen atoms in total. The first-order valence-corrected chi connectivity index (χ1v) is 9.81. The van der Waals surface area contributed by atoms with E-state index in [4.69, 9.17) is 4.42 Å². The third-order valence-corrected chi connectivity index (χ3v) is 4.62. The molecule has 9 heteroatoms. The molecule has 2 N–H and O–H groups in total. The van der Waals surface area contributed by atoms with Gasteiger partial charge in [0.05, 0.1) is 6.42 Å². The summed E-state index contributed by atoms with van der Waals surface area (Å²) < 4.78 is 46.5. The van der Waals surface area contributed by atoms with E-state index in [9.17, 15) is 22.8 Å². The molecule has 4 aromatic rings. The monoisotopic (exact) mass is 454 g/mol. The van der Waals surface area contributed by atoms with Crippen LogP contribution in [-0.4, -0.2) is 18.2 Å². The van der Waals surface area contributed by atoms with Gasteiger partial charge in [-0.2, -0.15) is 0 Å². The summed E-state index contributed by atoms with van der Waals surface area (Å²) in [7, 11) is 0. The number of halogens is 3.